The molecule has 0 saturated carbocycles. The Hall–Kier alpha value is -4.10. The number of nitrogens with one attached hydrogen (secondary N) is 2. The van der Waals surface area contributed by atoms with Crippen LogP contribution < -0.4 is 25.0 Å². The smallest absolute Gasteiger partial charge is 0.243 e. The van der Waals surface area contributed by atoms with E-state index >= 15 is 8.78 Å². The van der Waals surface area contributed by atoms with E-state index < -0.39 is 17.2 Å². The monoisotopic (exact) mass is 554 g/mol. The molecule has 3 aliphatic heterocycles. The predicted octanol–water partition coefficient (Wildman–Crippen LogP) is 2.31. The third-order valence-electron chi connectivity index (χ3n) is 7.45. The van der Waals surface area contributed by atoms with Gasteiger partial charge in [0.25, 0.3) is 0 Å². The first-order chi connectivity index (χ1) is 19.3. The summed E-state index contributed by atoms with van der Waals surface area (Å²) in [5, 5.41) is 6.82. The molecule has 3 saturated heterocycles. The number of amides is 1. The van der Waals surface area contributed by atoms with Crippen LogP contribution in [0.4, 0.5) is 20.4 Å². The Balaban J connectivity index is 1.41. The first-order valence-corrected chi connectivity index (χ1v) is 12.7. The van der Waals surface area contributed by atoms with Crippen LogP contribution in [0.2, 0.25) is 0 Å². The molecule has 3 fully saturated rings. The van der Waals surface area contributed by atoms with Gasteiger partial charge in [-0.2, -0.15) is 0 Å². The third kappa shape index (κ3) is 4.44. The minimum Gasteiger partial charge on any atom is -0.494 e. The number of benzene rings is 1. The van der Waals surface area contributed by atoms with Crippen LogP contribution in [0.15, 0.2) is 31.0 Å². The lowest BCUT2D eigenvalue weighted by Crippen LogP contribution is -2.66. The van der Waals surface area contributed by atoms with Crippen molar-refractivity contribution < 1.29 is 32.5 Å². The highest BCUT2D eigenvalue weighted by Gasteiger charge is 2.50. The minimum absolute atomic E-state index is 0.0546. The molecule has 210 valence electrons. The van der Waals surface area contributed by atoms with Gasteiger partial charge in [-0.1, -0.05) is 6.58 Å². The lowest BCUT2D eigenvalue weighted by atomic mass is 9.78. The number of ether oxygens (including phenoxy) is 4. The van der Waals surface area contributed by atoms with E-state index in [-0.39, 0.29) is 40.7 Å². The summed E-state index contributed by atoms with van der Waals surface area (Å²) in [4.78, 5) is 27.5. The van der Waals surface area contributed by atoms with Crippen molar-refractivity contribution in [3.63, 3.8) is 0 Å². The van der Waals surface area contributed by atoms with Gasteiger partial charge in [0.1, 0.15) is 11.6 Å². The maximum absolute atomic E-state index is 15.4. The lowest BCUT2D eigenvalue weighted by molar-refractivity contribution is -0.127. The number of halogens is 2. The molecule has 0 aliphatic carbocycles. The second kappa shape index (κ2) is 10.1. The van der Waals surface area contributed by atoms with E-state index in [0.29, 0.717) is 62.1 Å². The molecule has 1 aromatic carbocycles. The van der Waals surface area contributed by atoms with Crippen molar-refractivity contribution in [3.8, 4) is 22.9 Å². The van der Waals surface area contributed by atoms with E-state index in [1.54, 1.807) is 6.07 Å². The summed E-state index contributed by atoms with van der Waals surface area (Å²) in [6, 6.07) is 2.43. The number of aromatic nitrogens is 3. The quantitative estimate of drug-likeness (QED) is 0.402. The Morgan fingerprint density at radius 1 is 1.10 bits per heavy atom. The molecule has 1 amide bonds. The number of methoxy groups -OCH3 is 2. The molecular weight excluding hydrogens is 526 g/mol. The molecule has 1 spiro atoms. The molecule has 2 atom stereocenters. The maximum Gasteiger partial charge on any atom is 0.243 e. The van der Waals surface area contributed by atoms with Crippen LogP contribution in [-0.4, -0.2) is 86.7 Å². The van der Waals surface area contributed by atoms with Gasteiger partial charge in [0, 0.05) is 24.5 Å². The summed E-state index contributed by atoms with van der Waals surface area (Å²) < 4.78 is 52.0. The molecule has 40 heavy (non-hydrogen) atoms. The number of fused-ring (bicyclic) bond motifs is 1. The number of pyridine rings is 1. The molecule has 11 nitrogen and oxygen atoms in total. The van der Waals surface area contributed by atoms with E-state index in [1.165, 1.54) is 26.5 Å². The highest BCUT2D eigenvalue weighted by atomic mass is 19.1. The van der Waals surface area contributed by atoms with Gasteiger partial charge < -0.3 is 34.5 Å². The molecule has 2 N–H and O–H groups in total. The average Bonchev–Trinajstić information content (AvgIpc) is 3.33. The largest absolute Gasteiger partial charge is 0.494 e. The number of anilines is 2. The standard InChI is InChI=1S/C27H28F2N6O5/c1-4-21(36)32-17-9-39-8-16(17)31-20-5-14-15(7-30-20)33-25(34-26(14)35-10-27(11-35)12-40-13-27)22-23(28)18(37-2)6-19(38-3)24(22)29/h4-7,16-17H,1,8-13H2,2-3H3,(H,30,31)(H,32,36)/t16-,17+/m1/s1. The van der Waals surface area contributed by atoms with Gasteiger partial charge in [0.2, 0.25) is 5.91 Å². The van der Waals surface area contributed by atoms with Crippen LogP contribution in [0.1, 0.15) is 0 Å². The van der Waals surface area contributed by atoms with Gasteiger partial charge in [-0.25, -0.2) is 23.7 Å². The number of carbonyl (C=O) groups excluding carboxylic acids is 1. The number of carbonyl (C=O) groups is 1. The van der Waals surface area contributed by atoms with Crippen molar-refractivity contribution >= 4 is 28.4 Å². The summed E-state index contributed by atoms with van der Waals surface area (Å²) in [6.45, 7) is 6.89. The Labute approximate surface area is 228 Å². The van der Waals surface area contributed by atoms with Crippen molar-refractivity contribution in [1.29, 1.82) is 0 Å². The lowest BCUT2D eigenvalue weighted by Gasteiger charge is -2.55. The fraction of sp³-hybridized carbons (Fsp3) is 0.407. The molecule has 6 rings (SSSR count). The van der Waals surface area contributed by atoms with Crippen LogP contribution in [-0.2, 0) is 14.3 Å². The van der Waals surface area contributed by atoms with Crippen LogP contribution in [0.5, 0.6) is 11.5 Å². The number of hydrogen-bond acceptors (Lipinski definition) is 10. The van der Waals surface area contributed by atoms with Crippen LogP contribution >= 0.6 is 0 Å². The summed E-state index contributed by atoms with van der Waals surface area (Å²) in [7, 11) is 2.57. The molecule has 3 aliphatic rings. The summed E-state index contributed by atoms with van der Waals surface area (Å²) >= 11 is 0. The van der Waals surface area contributed by atoms with E-state index in [9.17, 15) is 4.79 Å². The van der Waals surface area contributed by atoms with Crippen molar-refractivity contribution in [3.05, 3.63) is 42.6 Å². The second-order valence-corrected chi connectivity index (χ2v) is 10.2. The van der Waals surface area contributed by atoms with E-state index in [4.69, 9.17) is 18.9 Å². The normalized spacial score (nSPS) is 21.1. The maximum atomic E-state index is 15.4. The zero-order chi connectivity index (χ0) is 28.0. The molecule has 2 aromatic heterocycles. The van der Waals surface area contributed by atoms with E-state index in [1.807, 2.05) is 4.90 Å². The SMILES string of the molecule is C=CC(=O)N[C@H]1COC[C@H]1Nc1cc2c(N3CC4(COC4)C3)nc(-c3c(F)c(OC)cc(OC)c3F)nc2cn1. The van der Waals surface area contributed by atoms with Gasteiger partial charge in [-0.3, -0.25) is 4.79 Å². The zero-order valence-corrected chi connectivity index (χ0v) is 22.0. The third-order valence-corrected chi connectivity index (χ3v) is 7.45. The second-order valence-electron chi connectivity index (χ2n) is 10.2. The summed E-state index contributed by atoms with van der Waals surface area (Å²) in [5.41, 5.74) is 0.00253. The van der Waals surface area contributed by atoms with Crippen LogP contribution in [0, 0.1) is 17.0 Å². The Bertz CT molecular complexity index is 1460. The molecule has 0 bridgehead atoms. The fourth-order valence-corrected chi connectivity index (χ4v) is 5.29. The van der Waals surface area contributed by atoms with Crippen LogP contribution in [0.3, 0.4) is 0 Å². The van der Waals surface area contributed by atoms with Gasteiger partial charge in [0.05, 0.1) is 75.4 Å². The summed E-state index contributed by atoms with van der Waals surface area (Å²) in [5.74, 6) is -1.66. The van der Waals surface area contributed by atoms with Crippen LogP contribution in [0.25, 0.3) is 22.3 Å². The predicted molar refractivity (Wildman–Crippen MR) is 142 cm³/mol. The van der Waals surface area contributed by atoms with E-state index in [2.05, 4.69) is 32.2 Å². The summed E-state index contributed by atoms with van der Waals surface area (Å²) in [6.07, 6.45) is 2.73. The first-order valence-electron chi connectivity index (χ1n) is 12.7. The average molecular weight is 555 g/mol. The molecule has 13 heteroatoms. The van der Waals surface area contributed by atoms with E-state index in [0.717, 1.165) is 6.07 Å². The Morgan fingerprint density at radius 2 is 1.80 bits per heavy atom. The van der Waals surface area contributed by atoms with Gasteiger partial charge >= 0.3 is 0 Å². The van der Waals surface area contributed by atoms with Crippen molar-refractivity contribution in [2.24, 2.45) is 5.41 Å². The van der Waals surface area contributed by atoms with Crippen molar-refractivity contribution in [2.45, 2.75) is 12.1 Å². The number of hydrogen-bond donors (Lipinski definition) is 2. The highest BCUT2D eigenvalue weighted by molar-refractivity contribution is 5.93. The Kier molecular flexibility index (Phi) is 6.62. The first kappa shape index (κ1) is 26.1. The molecule has 0 radical (unpaired) electrons. The molecular formula is C27H28F2N6O5. The van der Waals surface area contributed by atoms with Crippen molar-refractivity contribution in [1.82, 2.24) is 20.3 Å². The van der Waals surface area contributed by atoms with Crippen molar-refractivity contribution in [2.75, 3.05) is 64.0 Å². The number of nitrogens with zero attached hydrogens (tertiary/aromatic N) is 4. The van der Waals surface area contributed by atoms with Gasteiger partial charge in [0.15, 0.2) is 29.0 Å². The highest BCUT2D eigenvalue weighted by Crippen LogP contribution is 2.43. The molecule has 5 heterocycles. The van der Waals surface area contributed by atoms with Gasteiger partial charge in [-0.05, 0) is 12.1 Å². The molecule has 0 unspecified atom stereocenters. The zero-order valence-electron chi connectivity index (χ0n) is 22.0. The molecule has 3 aromatic rings. The Morgan fingerprint density at radius 3 is 2.42 bits per heavy atom. The topological polar surface area (TPSA) is 120 Å². The van der Waals surface area contributed by atoms with Gasteiger partial charge in [-0.15, -0.1) is 0 Å². The fourth-order valence-electron chi connectivity index (χ4n) is 5.29. The number of rotatable bonds is 8. The minimum atomic E-state index is -0.932.